The van der Waals surface area contributed by atoms with Gasteiger partial charge in [-0.1, -0.05) is 13.0 Å². The number of hydrogen-bond donors (Lipinski definition) is 3. The number of amides is 1. The average molecular weight is 375 g/mol. The zero-order valence-corrected chi connectivity index (χ0v) is 15.6. The molecule has 7 nitrogen and oxygen atoms in total. The number of rotatable bonds is 8. The summed E-state index contributed by atoms with van der Waals surface area (Å²) in [4.78, 5) is 12.4. The fourth-order valence-electron chi connectivity index (χ4n) is 2.69. The summed E-state index contributed by atoms with van der Waals surface area (Å²) in [7, 11) is 3.02. The first-order valence-corrected chi connectivity index (χ1v) is 8.58. The Labute approximate surface area is 158 Å². The fourth-order valence-corrected chi connectivity index (χ4v) is 2.69. The van der Waals surface area contributed by atoms with E-state index >= 15 is 0 Å². The van der Waals surface area contributed by atoms with Gasteiger partial charge >= 0.3 is 6.09 Å². The maximum atomic E-state index is 12.4. The normalized spacial score (nSPS) is 12.7. The van der Waals surface area contributed by atoms with Crippen molar-refractivity contribution in [3.05, 3.63) is 48.0 Å². The Kier molecular flexibility index (Phi) is 7.31. The van der Waals surface area contributed by atoms with Crippen LogP contribution in [0, 0.1) is 5.92 Å². The summed E-state index contributed by atoms with van der Waals surface area (Å²) < 4.78 is 15.7. The van der Waals surface area contributed by atoms with Gasteiger partial charge in [-0.25, -0.2) is 4.79 Å². The van der Waals surface area contributed by atoms with Crippen LogP contribution in [0.4, 0.5) is 10.5 Å². The molecule has 0 saturated carbocycles. The van der Waals surface area contributed by atoms with Crippen molar-refractivity contribution >= 4 is 11.8 Å². The lowest BCUT2D eigenvalue weighted by molar-refractivity contribution is 0.0666. The van der Waals surface area contributed by atoms with Crippen LogP contribution in [0.3, 0.4) is 0 Å². The molecule has 1 amide bonds. The van der Waals surface area contributed by atoms with Gasteiger partial charge < -0.3 is 24.4 Å². The molecule has 146 valence electrons. The molecule has 27 heavy (non-hydrogen) atoms. The van der Waals surface area contributed by atoms with E-state index in [9.17, 15) is 15.0 Å². The zero-order chi connectivity index (χ0) is 19.8. The van der Waals surface area contributed by atoms with E-state index in [-0.39, 0.29) is 18.3 Å². The predicted octanol–water partition coefficient (Wildman–Crippen LogP) is 3.72. The third-order valence-electron chi connectivity index (χ3n) is 4.20. The number of phenolic OH excluding ortho intramolecular Hbond substituents is 1. The number of ether oxygens (including phenoxy) is 3. The molecule has 2 rings (SSSR count). The van der Waals surface area contributed by atoms with Crippen LogP contribution >= 0.6 is 0 Å². The molecule has 0 aromatic heterocycles. The van der Waals surface area contributed by atoms with E-state index in [4.69, 9.17) is 14.2 Å². The van der Waals surface area contributed by atoms with E-state index in [0.29, 0.717) is 29.2 Å². The molecule has 3 N–H and O–H groups in total. The van der Waals surface area contributed by atoms with E-state index in [1.165, 1.54) is 13.2 Å². The number of aromatic hydroxyl groups is 1. The number of hydrogen-bond acceptors (Lipinski definition) is 6. The first-order chi connectivity index (χ1) is 13.0. The minimum absolute atomic E-state index is 0.0384. The predicted molar refractivity (Wildman–Crippen MR) is 101 cm³/mol. The summed E-state index contributed by atoms with van der Waals surface area (Å²) in [6.45, 7) is 1.83. The second kappa shape index (κ2) is 9.68. The molecule has 0 aliphatic rings. The number of aliphatic hydroxyl groups is 1. The summed E-state index contributed by atoms with van der Waals surface area (Å²) >= 11 is 0. The van der Waals surface area contributed by atoms with Gasteiger partial charge in [-0.3, -0.25) is 5.32 Å². The van der Waals surface area contributed by atoms with Gasteiger partial charge in [0.15, 0.2) is 11.5 Å². The highest BCUT2D eigenvalue weighted by Gasteiger charge is 2.24. The van der Waals surface area contributed by atoms with Crippen LogP contribution in [0.15, 0.2) is 42.5 Å². The van der Waals surface area contributed by atoms with Crippen molar-refractivity contribution in [2.24, 2.45) is 5.92 Å². The van der Waals surface area contributed by atoms with Gasteiger partial charge in [-0.15, -0.1) is 0 Å². The average Bonchev–Trinajstić information content (AvgIpc) is 2.66. The quantitative estimate of drug-likeness (QED) is 0.651. The van der Waals surface area contributed by atoms with Crippen molar-refractivity contribution in [1.82, 2.24) is 0 Å². The highest BCUT2D eigenvalue weighted by Crippen LogP contribution is 2.34. The number of anilines is 1. The molecule has 0 unspecified atom stereocenters. The molecule has 2 aromatic rings. The minimum atomic E-state index is -0.646. The summed E-state index contributed by atoms with van der Waals surface area (Å²) in [5, 5.41) is 21.9. The molecule has 0 fully saturated rings. The monoisotopic (exact) mass is 375 g/mol. The highest BCUT2D eigenvalue weighted by atomic mass is 16.6. The summed E-state index contributed by atoms with van der Waals surface area (Å²) in [6, 6.07) is 11.7. The molecule has 0 aliphatic carbocycles. The van der Waals surface area contributed by atoms with Gasteiger partial charge in [0.2, 0.25) is 0 Å². The Morgan fingerprint density at radius 2 is 1.81 bits per heavy atom. The van der Waals surface area contributed by atoms with Crippen molar-refractivity contribution in [2.45, 2.75) is 19.4 Å². The molecule has 0 spiro atoms. The van der Waals surface area contributed by atoms with E-state index in [1.807, 2.05) is 6.92 Å². The lowest BCUT2D eigenvalue weighted by Crippen LogP contribution is -2.22. The van der Waals surface area contributed by atoms with Crippen LogP contribution < -0.4 is 14.8 Å². The van der Waals surface area contributed by atoms with Crippen LogP contribution in [0.5, 0.6) is 17.2 Å². The van der Waals surface area contributed by atoms with Crippen LogP contribution in [0.25, 0.3) is 0 Å². The van der Waals surface area contributed by atoms with Crippen LogP contribution in [-0.4, -0.2) is 37.1 Å². The van der Waals surface area contributed by atoms with Crippen molar-refractivity contribution in [3.63, 3.8) is 0 Å². The van der Waals surface area contributed by atoms with Crippen LogP contribution in [-0.2, 0) is 4.74 Å². The van der Waals surface area contributed by atoms with E-state index in [1.54, 1.807) is 43.5 Å². The second-order valence-corrected chi connectivity index (χ2v) is 6.10. The SMILES string of the molecule is COc1ccc(NC(=O)O[C@H](c2ccc(OC)c(O)c2)[C@@H](C)CCO)cc1. The molecule has 0 radical (unpaired) electrons. The summed E-state index contributed by atoms with van der Waals surface area (Å²) in [5.74, 6) is 0.798. The summed E-state index contributed by atoms with van der Waals surface area (Å²) in [5.41, 5.74) is 1.17. The standard InChI is InChI=1S/C20H25NO6/c1-13(10-11-22)19(14-4-9-18(26-3)17(23)12-14)27-20(24)21-15-5-7-16(25-2)8-6-15/h4-9,12-13,19,22-23H,10-11H2,1-3H3,(H,21,24)/t13-,19-/m0/s1. The van der Waals surface area contributed by atoms with Crippen LogP contribution in [0.2, 0.25) is 0 Å². The van der Waals surface area contributed by atoms with Crippen LogP contribution in [0.1, 0.15) is 25.0 Å². The van der Waals surface area contributed by atoms with Crippen molar-refractivity contribution in [1.29, 1.82) is 0 Å². The van der Waals surface area contributed by atoms with E-state index in [0.717, 1.165) is 0 Å². The molecule has 0 bridgehead atoms. The van der Waals surface area contributed by atoms with Gasteiger partial charge in [0, 0.05) is 12.3 Å². The first kappa shape index (κ1) is 20.4. The second-order valence-electron chi connectivity index (χ2n) is 6.10. The minimum Gasteiger partial charge on any atom is -0.504 e. The van der Waals surface area contributed by atoms with Gasteiger partial charge in [0.1, 0.15) is 11.9 Å². The van der Waals surface area contributed by atoms with Gasteiger partial charge in [-0.05, 0) is 54.3 Å². The van der Waals surface area contributed by atoms with Gasteiger partial charge in [0.25, 0.3) is 0 Å². The summed E-state index contributed by atoms with van der Waals surface area (Å²) in [6.07, 6.45) is -0.842. The number of nitrogens with one attached hydrogen (secondary N) is 1. The Balaban J connectivity index is 2.15. The first-order valence-electron chi connectivity index (χ1n) is 8.58. The third kappa shape index (κ3) is 5.52. The van der Waals surface area contributed by atoms with Gasteiger partial charge in [0.05, 0.1) is 14.2 Å². The number of phenols is 1. The molecular weight excluding hydrogens is 350 g/mol. The number of benzene rings is 2. The lowest BCUT2D eigenvalue weighted by Gasteiger charge is -2.24. The van der Waals surface area contributed by atoms with E-state index in [2.05, 4.69) is 5.32 Å². The number of aliphatic hydroxyl groups excluding tert-OH is 1. The third-order valence-corrected chi connectivity index (χ3v) is 4.20. The molecular formula is C20H25NO6. The Hall–Kier alpha value is -2.93. The molecule has 2 aromatic carbocycles. The molecule has 0 saturated heterocycles. The zero-order valence-electron chi connectivity index (χ0n) is 15.6. The smallest absolute Gasteiger partial charge is 0.412 e. The molecule has 2 atom stereocenters. The Bertz CT molecular complexity index is 747. The van der Waals surface area contributed by atoms with Crippen molar-refractivity contribution < 1.29 is 29.2 Å². The molecule has 7 heteroatoms. The van der Waals surface area contributed by atoms with Gasteiger partial charge in [-0.2, -0.15) is 0 Å². The Morgan fingerprint density at radius 1 is 1.11 bits per heavy atom. The fraction of sp³-hybridized carbons (Fsp3) is 0.350. The largest absolute Gasteiger partial charge is 0.504 e. The topological polar surface area (TPSA) is 97.3 Å². The Morgan fingerprint density at radius 3 is 2.37 bits per heavy atom. The van der Waals surface area contributed by atoms with Crippen molar-refractivity contribution in [3.8, 4) is 17.2 Å². The lowest BCUT2D eigenvalue weighted by atomic mass is 9.94. The van der Waals surface area contributed by atoms with Crippen molar-refractivity contribution in [2.75, 3.05) is 26.1 Å². The number of carbonyl (C=O) groups excluding carboxylic acids is 1. The molecule has 0 aliphatic heterocycles. The highest BCUT2D eigenvalue weighted by molar-refractivity contribution is 5.84. The maximum Gasteiger partial charge on any atom is 0.412 e. The number of methoxy groups -OCH3 is 2. The van der Waals surface area contributed by atoms with E-state index < -0.39 is 12.2 Å². The molecule has 0 heterocycles. The maximum absolute atomic E-state index is 12.4. The number of carbonyl (C=O) groups is 1.